The van der Waals surface area contributed by atoms with E-state index in [0.29, 0.717) is 0 Å². The smallest absolute Gasteiger partial charge is 0.00218 e. The lowest BCUT2D eigenvalue weighted by atomic mass is 10.0. The second-order valence-corrected chi connectivity index (χ2v) is 8.31. The lowest BCUT2D eigenvalue weighted by Gasteiger charge is -2.14. The standard InChI is InChI=1S/C24H51N/c1-4-6-7-8-9-10-11-12-13-14-15-16-17-18-19-20-21-22-24-25(3)23-5-2/h4-24H2,1-3H3. The first-order valence-electron chi connectivity index (χ1n) is 12.0. The van der Waals surface area contributed by atoms with Crippen molar-refractivity contribution in [3.8, 4) is 0 Å². The maximum Gasteiger partial charge on any atom is -0.00218 e. The average Bonchev–Trinajstić information content (AvgIpc) is 2.61. The molecule has 0 radical (unpaired) electrons. The molecule has 0 unspecified atom stereocenters. The molecule has 0 spiro atoms. The summed E-state index contributed by atoms with van der Waals surface area (Å²) < 4.78 is 0. The van der Waals surface area contributed by atoms with Crippen LogP contribution in [0.15, 0.2) is 0 Å². The number of nitrogens with zero attached hydrogens (tertiary/aromatic N) is 1. The third-order valence-corrected chi connectivity index (χ3v) is 5.50. The highest BCUT2D eigenvalue weighted by molar-refractivity contribution is 4.53. The molecule has 0 saturated heterocycles. The molecular weight excluding hydrogens is 302 g/mol. The molecule has 152 valence electrons. The molecule has 0 saturated carbocycles. The summed E-state index contributed by atoms with van der Waals surface area (Å²) in [5.41, 5.74) is 0. The van der Waals surface area contributed by atoms with Gasteiger partial charge in [0, 0.05) is 0 Å². The summed E-state index contributed by atoms with van der Waals surface area (Å²) in [6, 6.07) is 0. The molecule has 0 aromatic rings. The van der Waals surface area contributed by atoms with Gasteiger partial charge in [0.05, 0.1) is 0 Å². The summed E-state index contributed by atoms with van der Waals surface area (Å²) >= 11 is 0. The van der Waals surface area contributed by atoms with Crippen molar-refractivity contribution in [3.63, 3.8) is 0 Å². The first kappa shape index (κ1) is 25.0. The van der Waals surface area contributed by atoms with Crippen LogP contribution in [0.1, 0.15) is 136 Å². The first-order chi connectivity index (χ1) is 12.3. The van der Waals surface area contributed by atoms with Gasteiger partial charge >= 0.3 is 0 Å². The average molecular weight is 354 g/mol. The summed E-state index contributed by atoms with van der Waals surface area (Å²) in [7, 11) is 2.26. The van der Waals surface area contributed by atoms with Crippen LogP contribution in [0.3, 0.4) is 0 Å². The van der Waals surface area contributed by atoms with Gasteiger partial charge in [0.2, 0.25) is 0 Å². The van der Waals surface area contributed by atoms with Crippen LogP contribution >= 0.6 is 0 Å². The van der Waals surface area contributed by atoms with Gasteiger partial charge in [-0.1, -0.05) is 123 Å². The molecule has 0 aliphatic carbocycles. The Morgan fingerprint density at radius 2 is 0.680 bits per heavy atom. The topological polar surface area (TPSA) is 3.24 Å². The van der Waals surface area contributed by atoms with Gasteiger partial charge in [0.1, 0.15) is 0 Å². The van der Waals surface area contributed by atoms with Crippen LogP contribution in [0.4, 0.5) is 0 Å². The van der Waals surface area contributed by atoms with E-state index in [-0.39, 0.29) is 0 Å². The van der Waals surface area contributed by atoms with Crippen molar-refractivity contribution >= 4 is 0 Å². The second kappa shape index (κ2) is 22.0. The minimum Gasteiger partial charge on any atom is -0.306 e. The van der Waals surface area contributed by atoms with Crippen LogP contribution in [0.2, 0.25) is 0 Å². The highest BCUT2D eigenvalue weighted by Crippen LogP contribution is 2.14. The zero-order valence-electron chi connectivity index (χ0n) is 18.3. The molecule has 0 heterocycles. The number of hydrogen-bond acceptors (Lipinski definition) is 1. The predicted molar refractivity (Wildman–Crippen MR) is 117 cm³/mol. The molecule has 0 aliphatic heterocycles. The molecule has 0 amide bonds. The van der Waals surface area contributed by atoms with Crippen LogP contribution in [-0.2, 0) is 0 Å². The van der Waals surface area contributed by atoms with E-state index in [4.69, 9.17) is 0 Å². The van der Waals surface area contributed by atoms with E-state index in [0.717, 1.165) is 0 Å². The summed E-state index contributed by atoms with van der Waals surface area (Å²) in [6.07, 6.45) is 27.6. The molecule has 1 heteroatoms. The quantitative estimate of drug-likeness (QED) is 0.187. The molecular formula is C24H51N. The Bertz CT molecular complexity index is 226. The van der Waals surface area contributed by atoms with Gasteiger partial charge in [0.25, 0.3) is 0 Å². The highest BCUT2D eigenvalue weighted by atomic mass is 15.1. The minimum atomic E-state index is 1.26. The first-order valence-corrected chi connectivity index (χ1v) is 12.0. The molecule has 0 aliphatic rings. The van der Waals surface area contributed by atoms with Gasteiger partial charge in [-0.2, -0.15) is 0 Å². The van der Waals surface area contributed by atoms with E-state index in [2.05, 4.69) is 25.8 Å². The van der Waals surface area contributed by atoms with Crippen molar-refractivity contribution in [3.05, 3.63) is 0 Å². The van der Waals surface area contributed by atoms with Crippen LogP contribution in [-0.4, -0.2) is 25.0 Å². The highest BCUT2D eigenvalue weighted by Gasteiger charge is 1.97. The monoisotopic (exact) mass is 353 g/mol. The lowest BCUT2D eigenvalue weighted by Crippen LogP contribution is -2.20. The van der Waals surface area contributed by atoms with Crippen molar-refractivity contribution in [2.24, 2.45) is 0 Å². The molecule has 0 bridgehead atoms. The van der Waals surface area contributed by atoms with E-state index in [1.807, 2.05) is 0 Å². The van der Waals surface area contributed by atoms with Crippen molar-refractivity contribution in [1.29, 1.82) is 0 Å². The molecule has 0 rings (SSSR count). The molecule has 0 atom stereocenters. The largest absolute Gasteiger partial charge is 0.306 e. The van der Waals surface area contributed by atoms with Gasteiger partial charge in [-0.25, -0.2) is 0 Å². The predicted octanol–water partition coefficient (Wildman–Crippen LogP) is 8.37. The Hall–Kier alpha value is -0.0400. The minimum absolute atomic E-state index is 1.26. The summed E-state index contributed by atoms with van der Waals surface area (Å²) in [5.74, 6) is 0. The molecule has 25 heavy (non-hydrogen) atoms. The van der Waals surface area contributed by atoms with Crippen LogP contribution in [0.5, 0.6) is 0 Å². The van der Waals surface area contributed by atoms with Crippen molar-refractivity contribution < 1.29 is 0 Å². The molecule has 1 nitrogen and oxygen atoms in total. The van der Waals surface area contributed by atoms with Gasteiger partial charge < -0.3 is 4.90 Å². The maximum absolute atomic E-state index is 2.48. The van der Waals surface area contributed by atoms with Crippen molar-refractivity contribution in [2.75, 3.05) is 20.1 Å². The van der Waals surface area contributed by atoms with Crippen LogP contribution in [0.25, 0.3) is 0 Å². The lowest BCUT2D eigenvalue weighted by molar-refractivity contribution is 0.324. The van der Waals surface area contributed by atoms with E-state index in [9.17, 15) is 0 Å². The Balaban J connectivity index is 3.00. The van der Waals surface area contributed by atoms with E-state index >= 15 is 0 Å². The molecule has 0 aromatic carbocycles. The third kappa shape index (κ3) is 21.9. The van der Waals surface area contributed by atoms with E-state index in [1.165, 1.54) is 135 Å². The zero-order chi connectivity index (χ0) is 18.4. The van der Waals surface area contributed by atoms with Crippen molar-refractivity contribution in [1.82, 2.24) is 4.90 Å². The second-order valence-electron chi connectivity index (χ2n) is 8.31. The normalized spacial score (nSPS) is 11.5. The van der Waals surface area contributed by atoms with Crippen LogP contribution in [0, 0.1) is 0 Å². The summed E-state index contributed by atoms with van der Waals surface area (Å²) in [4.78, 5) is 2.48. The van der Waals surface area contributed by atoms with Gasteiger partial charge in [-0.15, -0.1) is 0 Å². The van der Waals surface area contributed by atoms with Crippen molar-refractivity contribution in [2.45, 2.75) is 136 Å². The summed E-state index contributed by atoms with van der Waals surface area (Å²) in [5, 5.41) is 0. The summed E-state index contributed by atoms with van der Waals surface area (Å²) in [6.45, 7) is 7.13. The van der Waals surface area contributed by atoms with Gasteiger partial charge in [-0.3, -0.25) is 0 Å². The van der Waals surface area contributed by atoms with Crippen LogP contribution < -0.4 is 0 Å². The maximum atomic E-state index is 2.48. The Morgan fingerprint density at radius 1 is 0.360 bits per heavy atom. The molecule has 0 aromatic heterocycles. The number of unbranched alkanes of at least 4 members (excludes halogenated alkanes) is 17. The van der Waals surface area contributed by atoms with Gasteiger partial charge in [0.15, 0.2) is 0 Å². The molecule has 0 fully saturated rings. The Morgan fingerprint density at radius 3 is 1.00 bits per heavy atom. The van der Waals surface area contributed by atoms with E-state index in [1.54, 1.807) is 0 Å². The Kier molecular flexibility index (Phi) is 22.0. The fourth-order valence-corrected chi connectivity index (χ4v) is 3.78. The zero-order valence-corrected chi connectivity index (χ0v) is 18.3. The fraction of sp³-hybridized carbons (Fsp3) is 1.00. The fourth-order valence-electron chi connectivity index (χ4n) is 3.78. The number of rotatable bonds is 21. The Labute approximate surface area is 161 Å². The SMILES string of the molecule is CCCCCCCCCCCCCCCCCCCCN(C)CCC. The van der Waals surface area contributed by atoms with E-state index < -0.39 is 0 Å². The third-order valence-electron chi connectivity index (χ3n) is 5.50. The molecule has 0 N–H and O–H groups in total. The number of hydrogen-bond donors (Lipinski definition) is 0. The van der Waals surface area contributed by atoms with Gasteiger partial charge in [-0.05, 0) is 33.0 Å².